The van der Waals surface area contributed by atoms with E-state index in [1.54, 1.807) is 12.1 Å². The molecule has 0 amide bonds. The van der Waals surface area contributed by atoms with Crippen molar-refractivity contribution in [2.45, 2.75) is 31.7 Å². The predicted molar refractivity (Wildman–Crippen MR) is 147 cm³/mol. The van der Waals surface area contributed by atoms with Crippen molar-refractivity contribution in [3.05, 3.63) is 119 Å². The summed E-state index contributed by atoms with van der Waals surface area (Å²) in [5.74, 6) is 0.749. The van der Waals surface area contributed by atoms with E-state index in [1.165, 1.54) is 18.2 Å². The minimum atomic E-state index is -4.55. The van der Waals surface area contributed by atoms with Gasteiger partial charge in [0.05, 0.1) is 11.1 Å². The third-order valence-electron chi connectivity index (χ3n) is 6.15. The van der Waals surface area contributed by atoms with Crippen molar-refractivity contribution in [2.24, 2.45) is 5.73 Å². The van der Waals surface area contributed by atoms with Crippen LogP contribution >= 0.6 is 0 Å². The third-order valence-corrected chi connectivity index (χ3v) is 6.15. The number of hydrogen-bond acceptors (Lipinski definition) is 5. The summed E-state index contributed by atoms with van der Waals surface area (Å²) in [7, 11) is 0. The molecule has 0 bridgehead atoms. The van der Waals surface area contributed by atoms with Gasteiger partial charge in [0.25, 0.3) is 0 Å². The fourth-order valence-electron chi connectivity index (χ4n) is 4.09. The number of anilines is 2. The van der Waals surface area contributed by atoms with Crippen LogP contribution in [0, 0.1) is 0 Å². The molecule has 41 heavy (non-hydrogen) atoms. The molecule has 0 atom stereocenters. The molecule has 0 saturated carbocycles. The zero-order valence-corrected chi connectivity index (χ0v) is 21.7. The smallest absolute Gasteiger partial charge is 0.405 e. The van der Waals surface area contributed by atoms with Crippen LogP contribution in [0.25, 0.3) is 10.9 Å². The third kappa shape index (κ3) is 8.31. The van der Waals surface area contributed by atoms with Crippen LogP contribution in [-0.4, -0.2) is 22.7 Å². The van der Waals surface area contributed by atoms with E-state index in [0.717, 1.165) is 36.0 Å². The molecule has 1 aromatic heterocycles. The minimum Gasteiger partial charge on any atom is -0.405 e. The molecule has 214 valence electrons. The maximum Gasteiger partial charge on any atom is 0.416 e. The highest BCUT2D eigenvalue weighted by atomic mass is 19.4. The summed E-state index contributed by atoms with van der Waals surface area (Å²) in [4.78, 5) is 9.17. The Balaban J connectivity index is 1.63. The second-order valence-electron chi connectivity index (χ2n) is 9.20. The molecule has 4 rings (SSSR count). The molecular formula is C30H27F6N5. The fourth-order valence-corrected chi connectivity index (χ4v) is 4.09. The van der Waals surface area contributed by atoms with Gasteiger partial charge in [0.2, 0.25) is 0 Å². The molecule has 0 fully saturated rings. The number of rotatable bonds is 10. The highest BCUT2D eigenvalue weighted by Gasteiger charge is 2.33. The first kappa shape index (κ1) is 29.6. The molecule has 11 heteroatoms. The van der Waals surface area contributed by atoms with Crippen LogP contribution in [0.5, 0.6) is 0 Å². The first-order valence-electron chi connectivity index (χ1n) is 12.7. The van der Waals surface area contributed by atoms with Crippen molar-refractivity contribution in [1.82, 2.24) is 15.3 Å². The predicted octanol–water partition coefficient (Wildman–Crippen LogP) is 7.23. The summed E-state index contributed by atoms with van der Waals surface area (Å²) in [6.07, 6.45) is -5.95. The first-order valence-corrected chi connectivity index (χ1v) is 12.7. The molecule has 0 aliphatic rings. The molecule has 0 unspecified atom stereocenters. The lowest BCUT2D eigenvalue weighted by Gasteiger charge is -2.14. The standard InChI is InChI=1S/C30H27F6N5/c31-29(32,33)22-9-11-24(12-10-22)39-28-25-13-8-21(17-23(7-4-15-37)30(34,35)36)18-26(25)40-27(41-28)14-16-38-19-20-5-2-1-3-6-20/h1-13,15,18,38H,14,16-17,19,37H2,(H,39,40,41)/b15-4-,23-7+. The van der Waals surface area contributed by atoms with E-state index >= 15 is 0 Å². The molecule has 4 aromatic rings. The first-order chi connectivity index (χ1) is 19.5. The maximum atomic E-state index is 13.6. The van der Waals surface area contributed by atoms with Crippen molar-refractivity contribution >= 4 is 22.4 Å². The Labute approximate surface area is 232 Å². The summed E-state index contributed by atoms with van der Waals surface area (Å²) in [5, 5.41) is 6.86. The van der Waals surface area contributed by atoms with Gasteiger partial charge >= 0.3 is 12.4 Å². The topological polar surface area (TPSA) is 75.9 Å². The summed E-state index contributed by atoms with van der Waals surface area (Å²) in [6.45, 7) is 1.14. The Kier molecular flexibility index (Phi) is 9.28. The van der Waals surface area contributed by atoms with Crippen molar-refractivity contribution < 1.29 is 26.3 Å². The number of aromatic nitrogens is 2. The zero-order valence-electron chi connectivity index (χ0n) is 21.7. The van der Waals surface area contributed by atoms with Crippen LogP contribution in [0.3, 0.4) is 0 Å². The molecule has 0 radical (unpaired) electrons. The Morgan fingerprint density at radius 3 is 2.24 bits per heavy atom. The van der Waals surface area contributed by atoms with Gasteiger partial charge in [0.15, 0.2) is 0 Å². The fraction of sp³-hybridized carbons (Fsp3) is 0.200. The van der Waals surface area contributed by atoms with E-state index < -0.39 is 29.9 Å². The van der Waals surface area contributed by atoms with Gasteiger partial charge in [-0.2, -0.15) is 26.3 Å². The van der Waals surface area contributed by atoms with Crippen molar-refractivity contribution in [2.75, 3.05) is 11.9 Å². The molecule has 0 aliphatic carbocycles. The Morgan fingerprint density at radius 2 is 1.59 bits per heavy atom. The number of hydrogen-bond donors (Lipinski definition) is 3. The van der Waals surface area contributed by atoms with Gasteiger partial charge < -0.3 is 16.4 Å². The number of nitrogens with two attached hydrogens (primary N) is 1. The molecule has 0 spiro atoms. The molecule has 0 saturated heterocycles. The van der Waals surface area contributed by atoms with E-state index in [4.69, 9.17) is 5.73 Å². The van der Waals surface area contributed by atoms with E-state index in [2.05, 4.69) is 20.6 Å². The quantitative estimate of drug-likeness (QED) is 0.106. The highest BCUT2D eigenvalue weighted by molar-refractivity contribution is 5.91. The molecular weight excluding hydrogens is 544 g/mol. The Morgan fingerprint density at radius 1 is 0.854 bits per heavy atom. The van der Waals surface area contributed by atoms with E-state index in [9.17, 15) is 26.3 Å². The Bertz CT molecular complexity index is 1510. The highest BCUT2D eigenvalue weighted by Crippen LogP contribution is 2.32. The summed E-state index contributed by atoms with van der Waals surface area (Å²) >= 11 is 0. The normalized spacial score (nSPS) is 12.8. The lowest BCUT2D eigenvalue weighted by molar-refractivity contribution is -0.137. The number of fused-ring (bicyclic) bond motifs is 1. The van der Waals surface area contributed by atoms with Gasteiger partial charge in [-0.1, -0.05) is 42.5 Å². The van der Waals surface area contributed by atoms with Gasteiger partial charge in [0.1, 0.15) is 11.6 Å². The van der Waals surface area contributed by atoms with Crippen molar-refractivity contribution in [1.29, 1.82) is 0 Å². The van der Waals surface area contributed by atoms with E-state index in [-0.39, 0.29) is 0 Å². The van der Waals surface area contributed by atoms with Crippen LogP contribution in [0.15, 0.2) is 96.7 Å². The average molecular weight is 572 g/mol. The van der Waals surface area contributed by atoms with Gasteiger partial charge in [-0.25, -0.2) is 9.97 Å². The molecule has 5 nitrogen and oxygen atoms in total. The van der Waals surface area contributed by atoms with E-state index in [0.29, 0.717) is 53.3 Å². The monoisotopic (exact) mass is 571 g/mol. The second kappa shape index (κ2) is 12.9. The number of allylic oxidation sites excluding steroid dienone is 3. The number of nitrogens with one attached hydrogen (secondary N) is 2. The van der Waals surface area contributed by atoms with Crippen LogP contribution in [-0.2, 0) is 25.6 Å². The number of nitrogens with zero attached hydrogens (tertiary/aromatic N) is 2. The summed E-state index contributed by atoms with van der Waals surface area (Å²) in [5.41, 5.74) is 5.90. The lowest BCUT2D eigenvalue weighted by atomic mass is 10.0. The molecule has 3 aromatic carbocycles. The van der Waals surface area contributed by atoms with Gasteiger partial charge in [0, 0.05) is 42.6 Å². The zero-order chi connectivity index (χ0) is 29.5. The maximum absolute atomic E-state index is 13.6. The van der Waals surface area contributed by atoms with Gasteiger partial charge in [-0.05, 0) is 59.8 Å². The number of halogens is 6. The van der Waals surface area contributed by atoms with Gasteiger partial charge in [-0.3, -0.25) is 0 Å². The van der Waals surface area contributed by atoms with Crippen molar-refractivity contribution in [3.8, 4) is 0 Å². The van der Waals surface area contributed by atoms with Crippen LogP contribution < -0.4 is 16.4 Å². The minimum absolute atomic E-state index is 0.331. The summed E-state index contributed by atoms with van der Waals surface area (Å²) < 4.78 is 79.7. The molecule has 0 aliphatic heterocycles. The number of alkyl halides is 6. The van der Waals surface area contributed by atoms with E-state index in [1.807, 2.05) is 30.3 Å². The number of benzene rings is 3. The largest absolute Gasteiger partial charge is 0.416 e. The van der Waals surface area contributed by atoms with Crippen LogP contribution in [0.2, 0.25) is 0 Å². The van der Waals surface area contributed by atoms with Crippen molar-refractivity contribution in [3.63, 3.8) is 0 Å². The second-order valence-corrected chi connectivity index (χ2v) is 9.20. The summed E-state index contributed by atoms with van der Waals surface area (Å²) in [6, 6.07) is 19.0. The average Bonchev–Trinajstić information content (AvgIpc) is 2.93. The SMILES string of the molecule is N/C=C\C=C(/Cc1ccc2c(Nc3ccc(C(F)(F)F)cc3)nc(CCNCc3ccccc3)nc2c1)C(F)(F)F. The molecule has 1 heterocycles. The lowest BCUT2D eigenvalue weighted by Crippen LogP contribution is -2.18. The molecule has 4 N–H and O–H groups in total. The van der Waals surface area contributed by atoms with Gasteiger partial charge in [-0.15, -0.1) is 0 Å². The Hall–Kier alpha value is -4.38. The van der Waals surface area contributed by atoms with Crippen LogP contribution in [0.4, 0.5) is 37.8 Å². The van der Waals surface area contributed by atoms with Crippen LogP contribution in [0.1, 0.15) is 22.5 Å².